The van der Waals surface area contributed by atoms with Gasteiger partial charge in [0, 0.05) is 18.3 Å². The zero-order valence-electron chi connectivity index (χ0n) is 10.0. The number of aromatic nitrogens is 2. The molecule has 2 N–H and O–H groups in total. The van der Waals surface area contributed by atoms with Crippen molar-refractivity contribution in [3.63, 3.8) is 0 Å². The van der Waals surface area contributed by atoms with E-state index < -0.39 is 5.82 Å². The number of halogens is 1. The Hall–Kier alpha value is -1.04. The lowest BCUT2D eigenvalue weighted by atomic mass is 10.2. The second kappa shape index (κ2) is 5.53. The highest BCUT2D eigenvalue weighted by Crippen LogP contribution is 2.30. The van der Waals surface area contributed by atoms with E-state index in [1.807, 2.05) is 11.8 Å². The first-order valence-corrected chi connectivity index (χ1v) is 7.03. The maximum absolute atomic E-state index is 13.6. The molecule has 0 bridgehead atoms. The molecule has 1 saturated carbocycles. The standard InChI is InChI=1S/C11H17FN4S/c1-13-11-14-6-7(12)10(16-11)15-8-4-3-5-9(8)17-2/h6,8-9H,3-5H2,1-2H3,(H2,13,14,15,16). The van der Waals surface area contributed by atoms with E-state index in [1.54, 1.807) is 7.05 Å². The fraction of sp³-hybridized carbons (Fsp3) is 0.636. The second-order valence-corrected chi connectivity index (χ2v) is 5.17. The van der Waals surface area contributed by atoms with Crippen molar-refractivity contribution in [2.24, 2.45) is 0 Å². The van der Waals surface area contributed by atoms with E-state index in [0.29, 0.717) is 23.1 Å². The van der Waals surface area contributed by atoms with Gasteiger partial charge in [-0.05, 0) is 19.1 Å². The summed E-state index contributed by atoms with van der Waals surface area (Å²) in [4.78, 5) is 7.93. The minimum atomic E-state index is -0.393. The lowest BCUT2D eigenvalue weighted by Crippen LogP contribution is -2.27. The SMILES string of the molecule is CNc1ncc(F)c(NC2CCCC2SC)n1. The molecule has 0 amide bonds. The van der Waals surface area contributed by atoms with Crippen molar-refractivity contribution >= 4 is 23.5 Å². The highest BCUT2D eigenvalue weighted by atomic mass is 32.2. The van der Waals surface area contributed by atoms with Crippen LogP contribution in [0, 0.1) is 5.82 Å². The molecule has 1 aliphatic carbocycles. The molecule has 2 atom stereocenters. The van der Waals surface area contributed by atoms with Gasteiger partial charge in [0.05, 0.1) is 6.20 Å². The first kappa shape index (κ1) is 12.4. The average molecular weight is 256 g/mol. The Bertz CT molecular complexity index is 388. The predicted molar refractivity (Wildman–Crippen MR) is 70.1 cm³/mol. The van der Waals surface area contributed by atoms with Crippen molar-refractivity contribution in [2.75, 3.05) is 23.9 Å². The summed E-state index contributed by atoms with van der Waals surface area (Å²) in [5.74, 6) is 0.346. The summed E-state index contributed by atoms with van der Waals surface area (Å²) in [6, 6.07) is 0.305. The van der Waals surface area contributed by atoms with Gasteiger partial charge in [-0.25, -0.2) is 9.37 Å². The van der Waals surface area contributed by atoms with Crippen LogP contribution in [0.3, 0.4) is 0 Å². The molecule has 2 unspecified atom stereocenters. The molecule has 4 nitrogen and oxygen atoms in total. The summed E-state index contributed by atoms with van der Waals surface area (Å²) in [6.07, 6.45) is 6.74. The van der Waals surface area contributed by atoms with Crippen molar-refractivity contribution < 1.29 is 4.39 Å². The molecule has 0 saturated heterocycles. The summed E-state index contributed by atoms with van der Waals surface area (Å²) in [5, 5.41) is 6.55. The smallest absolute Gasteiger partial charge is 0.224 e. The van der Waals surface area contributed by atoms with Gasteiger partial charge in [-0.15, -0.1) is 0 Å². The lowest BCUT2D eigenvalue weighted by Gasteiger charge is -2.20. The molecule has 1 heterocycles. The van der Waals surface area contributed by atoms with Gasteiger partial charge < -0.3 is 10.6 Å². The molecule has 0 aliphatic heterocycles. The van der Waals surface area contributed by atoms with Crippen LogP contribution in [-0.2, 0) is 0 Å². The number of nitrogens with one attached hydrogen (secondary N) is 2. The third-order valence-corrected chi connectivity index (χ3v) is 4.21. The molecule has 0 radical (unpaired) electrons. The number of thioether (sulfide) groups is 1. The summed E-state index contributed by atoms with van der Waals surface area (Å²) >= 11 is 1.83. The second-order valence-electron chi connectivity index (χ2n) is 4.10. The number of hydrogen-bond donors (Lipinski definition) is 2. The van der Waals surface area contributed by atoms with Gasteiger partial charge in [-0.3, -0.25) is 0 Å². The van der Waals surface area contributed by atoms with Crippen molar-refractivity contribution in [1.82, 2.24) is 9.97 Å². The Morgan fingerprint density at radius 3 is 3.00 bits per heavy atom. The number of rotatable bonds is 4. The van der Waals surface area contributed by atoms with Crippen molar-refractivity contribution in [3.8, 4) is 0 Å². The first-order valence-electron chi connectivity index (χ1n) is 5.74. The zero-order valence-corrected chi connectivity index (χ0v) is 10.9. The third-order valence-electron chi connectivity index (χ3n) is 3.05. The van der Waals surface area contributed by atoms with Gasteiger partial charge in [-0.2, -0.15) is 16.7 Å². The minimum Gasteiger partial charge on any atom is -0.364 e. The molecule has 94 valence electrons. The van der Waals surface area contributed by atoms with Crippen LogP contribution in [0.2, 0.25) is 0 Å². The van der Waals surface area contributed by atoms with Crippen LogP contribution < -0.4 is 10.6 Å². The molecule has 0 spiro atoms. The van der Waals surface area contributed by atoms with Gasteiger partial charge in [0.25, 0.3) is 0 Å². The quantitative estimate of drug-likeness (QED) is 0.866. The number of hydrogen-bond acceptors (Lipinski definition) is 5. The van der Waals surface area contributed by atoms with Crippen LogP contribution in [0.5, 0.6) is 0 Å². The monoisotopic (exact) mass is 256 g/mol. The summed E-state index contributed by atoms with van der Waals surface area (Å²) < 4.78 is 13.6. The van der Waals surface area contributed by atoms with Crippen LogP contribution in [-0.4, -0.2) is 34.6 Å². The molecule has 2 rings (SSSR count). The van der Waals surface area contributed by atoms with E-state index >= 15 is 0 Å². The molecular weight excluding hydrogens is 239 g/mol. The molecule has 1 aromatic heterocycles. The maximum atomic E-state index is 13.6. The van der Waals surface area contributed by atoms with Crippen LogP contribution in [0.1, 0.15) is 19.3 Å². The Morgan fingerprint density at radius 2 is 2.29 bits per heavy atom. The van der Waals surface area contributed by atoms with Crippen LogP contribution in [0.15, 0.2) is 6.20 Å². The molecule has 0 aromatic carbocycles. The van der Waals surface area contributed by atoms with E-state index in [0.717, 1.165) is 6.42 Å². The van der Waals surface area contributed by atoms with Gasteiger partial charge in [-0.1, -0.05) is 6.42 Å². The average Bonchev–Trinajstić information content (AvgIpc) is 2.79. The predicted octanol–water partition coefficient (Wildman–Crippen LogP) is 2.35. The fourth-order valence-electron chi connectivity index (χ4n) is 2.14. The largest absolute Gasteiger partial charge is 0.364 e. The van der Waals surface area contributed by atoms with E-state index in [1.165, 1.54) is 19.0 Å². The van der Waals surface area contributed by atoms with E-state index in [9.17, 15) is 4.39 Å². The molecule has 1 aromatic rings. The van der Waals surface area contributed by atoms with Crippen LogP contribution in [0.25, 0.3) is 0 Å². The first-order chi connectivity index (χ1) is 8.24. The van der Waals surface area contributed by atoms with E-state index in [2.05, 4.69) is 26.9 Å². The summed E-state index contributed by atoms with van der Waals surface area (Å²) in [7, 11) is 1.72. The van der Waals surface area contributed by atoms with Crippen molar-refractivity contribution in [2.45, 2.75) is 30.6 Å². The van der Waals surface area contributed by atoms with Crippen molar-refractivity contribution in [1.29, 1.82) is 0 Å². The van der Waals surface area contributed by atoms with Gasteiger partial charge in [0.15, 0.2) is 11.6 Å². The summed E-state index contributed by atoms with van der Waals surface area (Å²) in [5.41, 5.74) is 0. The van der Waals surface area contributed by atoms with E-state index in [4.69, 9.17) is 0 Å². The fourth-order valence-corrected chi connectivity index (χ4v) is 3.07. The van der Waals surface area contributed by atoms with Crippen molar-refractivity contribution in [3.05, 3.63) is 12.0 Å². The minimum absolute atomic E-state index is 0.301. The highest BCUT2D eigenvalue weighted by Gasteiger charge is 2.27. The summed E-state index contributed by atoms with van der Waals surface area (Å²) in [6.45, 7) is 0. The molecule has 1 aliphatic rings. The third kappa shape index (κ3) is 2.80. The Morgan fingerprint density at radius 1 is 1.47 bits per heavy atom. The zero-order chi connectivity index (χ0) is 12.3. The number of nitrogens with zero attached hydrogens (tertiary/aromatic N) is 2. The van der Waals surface area contributed by atoms with Crippen LogP contribution >= 0.6 is 11.8 Å². The lowest BCUT2D eigenvalue weighted by molar-refractivity contribution is 0.611. The molecular formula is C11H17FN4S. The Labute approximate surface area is 105 Å². The maximum Gasteiger partial charge on any atom is 0.224 e. The molecule has 6 heteroatoms. The topological polar surface area (TPSA) is 49.8 Å². The van der Waals surface area contributed by atoms with E-state index in [-0.39, 0.29) is 0 Å². The van der Waals surface area contributed by atoms with Crippen LogP contribution in [0.4, 0.5) is 16.2 Å². The Balaban J connectivity index is 2.12. The molecule has 17 heavy (non-hydrogen) atoms. The molecule has 1 fully saturated rings. The normalized spacial score (nSPS) is 23.7. The van der Waals surface area contributed by atoms with Gasteiger partial charge >= 0.3 is 0 Å². The highest BCUT2D eigenvalue weighted by molar-refractivity contribution is 7.99. The van der Waals surface area contributed by atoms with Gasteiger partial charge in [0.2, 0.25) is 5.95 Å². The number of anilines is 2. The Kier molecular flexibility index (Phi) is 4.04. The van der Waals surface area contributed by atoms with Gasteiger partial charge in [0.1, 0.15) is 0 Å².